The van der Waals surface area contributed by atoms with Gasteiger partial charge >= 0.3 is 5.69 Å². The topological polar surface area (TPSA) is 95.2 Å². The molecule has 0 bridgehead atoms. The summed E-state index contributed by atoms with van der Waals surface area (Å²) >= 11 is 0. The van der Waals surface area contributed by atoms with Crippen molar-refractivity contribution in [1.29, 1.82) is 0 Å². The summed E-state index contributed by atoms with van der Waals surface area (Å²) in [5.74, 6) is 0.658. The Balaban J connectivity index is 1.66. The summed E-state index contributed by atoms with van der Waals surface area (Å²) in [5, 5.41) is 10.8. The third-order valence-electron chi connectivity index (χ3n) is 5.61. The van der Waals surface area contributed by atoms with Gasteiger partial charge in [0.2, 0.25) is 0 Å². The predicted molar refractivity (Wildman–Crippen MR) is 123 cm³/mol. The zero-order chi connectivity index (χ0) is 22.8. The number of aliphatic hydroxyl groups excluding tert-OH is 1. The fraction of sp³-hybridized carbons (Fsp3) is 0.160. The molecule has 3 aromatic heterocycles. The number of nitrogens with zero attached hydrogens (tertiary/aromatic N) is 4. The fourth-order valence-corrected chi connectivity index (χ4v) is 3.95. The molecule has 0 saturated carbocycles. The Morgan fingerprint density at radius 2 is 1.61 bits per heavy atom. The minimum absolute atomic E-state index is 0.168. The third kappa shape index (κ3) is 4.04. The molecule has 0 amide bonds. The van der Waals surface area contributed by atoms with E-state index in [2.05, 4.69) is 4.98 Å². The SMILES string of the molecule is O=c1c2c(ncn2Cc2ccco2)n(Cc2ccccc2)c(=O)n1CC(O)c1ccccc1. The van der Waals surface area contributed by atoms with E-state index in [1.54, 1.807) is 41.2 Å². The Morgan fingerprint density at radius 1 is 0.879 bits per heavy atom. The van der Waals surface area contributed by atoms with Crippen LogP contribution in [0.15, 0.2) is 99.4 Å². The number of rotatable bonds is 7. The molecule has 0 saturated heterocycles. The Bertz CT molecular complexity index is 1480. The molecule has 5 rings (SSSR count). The summed E-state index contributed by atoms with van der Waals surface area (Å²) < 4.78 is 9.66. The van der Waals surface area contributed by atoms with Crippen molar-refractivity contribution < 1.29 is 9.52 Å². The molecule has 0 aliphatic heterocycles. The third-order valence-corrected chi connectivity index (χ3v) is 5.61. The first kappa shape index (κ1) is 20.7. The zero-order valence-corrected chi connectivity index (χ0v) is 17.7. The van der Waals surface area contributed by atoms with Crippen molar-refractivity contribution in [3.8, 4) is 0 Å². The first-order chi connectivity index (χ1) is 16.1. The summed E-state index contributed by atoms with van der Waals surface area (Å²) in [6.45, 7) is 0.373. The quantitative estimate of drug-likeness (QED) is 0.418. The highest BCUT2D eigenvalue weighted by molar-refractivity contribution is 5.70. The van der Waals surface area contributed by atoms with E-state index in [1.165, 1.54) is 10.9 Å². The molecular weight excluding hydrogens is 420 g/mol. The number of hydrogen-bond acceptors (Lipinski definition) is 5. The first-order valence-electron chi connectivity index (χ1n) is 10.6. The van der Waals surface area contributed by atoms with Crippen LogP contribution in [0.1, 0.15) is 23.0 Å². The second-order valence-electron chi connectivity index (χ2n) is 7.82. The van der Waals surface area contributed by atoms with E-state index in [4.69, 9.17) is 4.42 Å². The van der Waals surface area contributed by atoms with Gasteiger partial charge in [0, 0.05) is 0 Å². The average molecular weight is 442 g/mol. The second-order valence-corrected chi connectivity index (χ2v) is 7.82. The van der Waals surface area contributed by atoms with Crippen LogP contribution < -0.4 is 11.2 Å². The van der Waals surface area contributed by atoms with Crippen LogP contribution in [0.3, 0.4) is 0 Å². The van der Waals surface area contributed by atoms with Crippen molar-refractivity contribution in [1.82, 2.24) is 18.7 Å². The van der Waals surface area contributed by atoms with Crippen molar-refractivity contribution in [2.45, 2.75) is 25.7 Å². The lowest BCUT2D eigenvalue weighted by atomic mass is 10.1. The van der Waals surface area contributed by atoms with Crippen LogP contribution in [0.5, 0.6) is 0 Å². The van der Waals surface area contributed by atoms with E-state index >= 15 is 0 Å². The van der Waals surface area contributed by atoms with Crippen molar-refractivity contribution in [2.24, 2.45) is 0 Å². The van der Waals surface area contributed by atoms with E-state index in [0.29, 0.717) is 23.5 Å². The molecular formula is C25H22N4O4. The molecule has 0 radical (unpaired) electrons. The van der Waals surface area contributed by atoms with Crippen LogP contribution in [0.4, 0.5) is 0 Å². The number of benzene rings is 2. The van der Waals surface area contributed by atoms with Crippen LogP contribution in [0, 0.1) is 0 Å². The fourth-order valence-electron chi connectivity index (χ4n) is 3.95. The molecule has 166 valence electrons. The van der Waals surface area contributed by atoms with Gasteiger partial charge in [-0.25, -0.2) is 9.78 Å². The van der Waals surface area contributed by atoms with Crippen LogP contribution in [0.2, 0.25) is 0 Å². The van der Waals surface area contributed by atoms with Crippen LogP contribution in [0.25, 0.3) is 11.2 Å². The molecule has 1 unspecified atom stereocenters. The standard InChI is InChI=1S/C25H22N4O4/c30-21(19-10-5-2-6-11-19)16-29-24(31)22-23(26-17-27(22)15-20-12-7-13-33-20)28(25(29)32)14-18-8-3-1-4-9-18/h1-13,17,21,30H,14-16H2. The lowest BCUT2D eigenvalue weighted by molar-refractivity contribution is 0.153. The number of aromatic nitrogens is 4. The molecule has 0 fully saturated rings. The highest BCUT2D eigenvalue weighted by Crippen LogP contribution is 2.15. The lowest BCUT2D eigenvalue weighted by Gasteiger charge is -2.16. The molecule has 8 nitrogen and oxygen atoms in total. The maximum atomic E-state index is 13.5. The minimum Gasteiger partial charge on any atom is -0.467 e. The first-order valence-corrected chi connectivity index (χ1v) is 10.6. The van der Waals surface area contributed by atoms with Gasteiger partial charge in [0.25, 0.3) is 5.56 Å². The summed E-state index contributed by atoms with van der Waals surface area (Å²) in [7, 11) is 0. The molecule has 0 spiro atoms. The number of imidazole rings is 1. The molecule has 8 heteroatoms. The molecule has 33 heavy (non-hydrogen) atoms. The molecule has 0 aliphatic rings. The van der Waals surface area contributed by atoms with Gasteiger partial charge in [-0.1, -0.05) is 60.7 Å². The molecule has 3 heterocycles. The Morgan fingerprint density at radius 3 is 2.30 bits per heavy atom. The van der Waals surface area contributed by atoms with Gasteiger partial charge in [0.1, 0.15) is 5.76 Å². The monoisotopic (exact) mass is 442 g/mol. The normalized spacial score (nSPS) is 12.3. The summed E-state index contributed by atoms with van der Waals surface area (Å²) in [4.78, 5) is 31.3. The Labute approximate surface area is 188 Å². The van der Waals surface area contributed by atoms with Gasteiger partial charge < -0.3 is 14.1 Å². The summed E-state index contributed by atoms with van der Waals surface area (Å²) in [6.07, 6.45) is 2.09. The van der Waals surface area contributed by atoms with Gasteiger partial charge in [-0.2, -0.15) is 0 Å². The highest BCUT2D eigenvalue weighted by Gasteiger charge is 2.21. The Hall–Kier alpha value is -4.17. The van der Waals surface area contributed by atoms with Crippen molar-refractivity contribution in [3.63, 3.8) is 0 Å². The largest absolute Gasteiger partial charge is 0.467 e. The predicted octanol–water partition coefficient (Wildman–Crippen LogP) is 2.78. The number of hydrogen-bond donors (Lipinski definition) is 1. The van der Waals surface area contributed by atoms with Crippen LogP contribution in [-0.2, 0) is 19.6 Å². The Kier molecular flexibility index (Phi) is 5.50. The van der Waals surface area contributed by atoms with Gasteiger partial charge in [-0.15, -0.1) is 0 Å². The second kappa shape index (κ2) is 8.76. The molecule has 2 aromatic carbocycles. The minimum atomic E-state index is -1.01. The maximum Gasteiger partial charge on any atom is 0.333 e. The number of fused-ring (bicyclic) bond motifs is 1. The highest BCUT2D eigenvalue weighted by atomic mass is 16.3. The van der Waals surface area contributed by atoms with E-state index in [-0.39, 0.29) is 18.6 Å². The average Bonchev–Trinajstić information content (AvgIpc) is 3.51. The molecule has 5 aromatic rings. The van der Waals surface area contributed by atoms with Crippen molar-refractivity contribution >= 4 is 11.2 Å². The van der Waals surface area contributed by atoms with Crippen molar-refractivity contribution in [2.75, 3.05) is 0 Å². The van der Waals surface area contributed by atoms with E-state index in [1.807, 2.05) is 42.5 Å². The lowest BCUT2D eigenvalue weighted by Crippen LogP contribution is -2.42. The van der Waals surface area contributed by atoms with Gasteiger partial charge in [-0.05, 0) is 23.3 Å². The zero-order valence-electron chi connectivity index (χ0n) is 17.7. The van der Waals surface area contributed by atoms with E-state index in [0.717, 1.165) is 10.1 Å². The van der Waals surface area contributed by atoms with Gasteiger partial charge in [-0.3, -0.25) is 13.9 Å². The number of aliphatic hydroxyl groups is 1. The van der Waals surface area contributed by atoms with E-state index in [9.17, 15) is 14.7 Å². The van der Waals surface area contributed by atoms with Gasteiger partial charge in [0.05, 0.1) is 38.3 Å². The van der Waals surface area contributed by atoms with Crippen molar-refractivity contribution in [3.05, 3.63) is 123 Å². The smallest absolute Gasteiger partial charge is 0.333 e. The summed E-state index contributed by atoms with van der Waals surface area (Å²) in [5.41, 5.74) is 1.08. The maximum absolute atomic E-state index is 13.5. The van der Waals surface area contributed by atoms with Crippen LogP contribution in [-0.4, -0.2) is 23.8 Å². The summed E-state index contributed by atoms with van der Waals surface area (Å²) in [6, 6.07) is 22.1. The molecule has 0 aliphatic carbocycles. The molecule has 1 atom stereocenters. The van der Waals surface area contributed by atoms with E-state index < -0.39 is 17.4 Å². The molecule has 1 N–H and O–H groups in total. The van der Waals surface area contributed by atoms with Gasteiger partial charge in [0.15, 0.2) is 11.2 Å². The number of furan rings is 1. The van der Waals surface area contributed by atoms with Crippen LogP contribution >= 0.6 is 0 Å².